The van der Waals surface area contributed by atoms with E-state index in [9.17, 15) is 13.2 Å². The van der Waals surface area contributed by atoms with Crippen molar-refractivity contribution in [2.75, 3.05) is 0 Å². The van der Waals surface area contributed by atoms with Crippen LogP contribution >= 0.6 is 0 Å². The molecule has 0 aliphatic carbocycles. The molecule has 0 aliphatic heterocycles. The zero-order valence-electron chi connectivity index (χ0n) is 7.44. The summed E-state index contributed by atoms with van der Waals surface area (Å²) in [6.45, 7) is 0. The van der Waals surface area contributed by atoms with Crippen LogP contribution in [-0.4, -0.2) is 20.7 Å². The van der Waals surface area contributed by atoms with Gasteiger partial charge in [-0.05, 0) is 12.1 Å². The lowest BCUT2D eigenvalue weighted by atomic mass is 10.2. The largest absolute Gasteiger partial charge is 0.420 e. The number of aromatic nitrogens is 2. The highest BCUT2D eigenvalue weighted by Crippen LogP contribution is 2.32. The number of rotatable bonds is 1. The summed E-state index contributed by atoms with van der Waals surface area (Å²) >= 11 is 0. The maximum absolute atomic E-state index is 12.2. The van der Waals surface area contributed by atoms with Gasteiger partial charge in [-0.3, -0.25) is 0 Å². The van der Waals surface area contributed by atoms with Gasteiger partial charge in [-0.2, -0.15) is 13.2 Å². The third-order valence-corrected chi connectivity index (χ3v) is 2.04. The second kappa shape index (κ2) is 3.23. The Morgan fingerprint density at radius 3 is 2.73 bits per heavy atom. The fraction of sp³-hybridized carbons (Fsp3) is 0.222. The Labute approximate surface area is 82.8 Å². The first-order valence-electron chi connectivity index (χ1n) is 4.17. The summed E-state index contributed by atoms with van der Waals surface area (Å²) in [5, 5.41) is 9.06. The van der Waals surface area contributed by atoms with Crippen LogP contribution in [0.2, 0.25) is 0 Å². The molecule has 0 aliphatic rings. The number of hydrogen-bond acceptors (Lipinski definition) is 2. The predicted molar refractivity (Wildman–Crippen MR) is 46.2 cm³/mol. The third-order valence-electron chi connectivity index (χ3n) is 2.04. The van der Waals surface area contributed by atoms with Gasteiger partial charge in [0.05, 0.1) is 11.9 Å². The minimum Gasteiger partial charge on any atom is -0.378 e. The number of hydrogen-bond donors (Lipinski definition) is 1. The van der Waals surface area contributed by atoms with Crippen LogP contribution in [0.3, 0.4) is 0 Å². The molecule has 0 aromatic carbocycles. The Hall–Kier alpha value is -1.56. The fourth-order valence-electron chi connectivity index (χ4n) is 1.32. The molecule has 0 fully saturated rings. The van der Waals surface area contributed by atoms with Crippen LogP contribution in [-0.2, 0) is 0 Å². The van der Waals surface area contributed by atoms with Crippen LogP contribution in [0.5, 0.6) is 0 Å². The highest BCUT2D eigenvalue weighted by Gasteiger charge is 2.41. The highest BCUT2D eigenvalue weighted by molar-refractivity contribution is 5.40. The smallest absolute Gasteiger partial charge is 0.378 e. The van der Waals surface area contributed by atoms with E-state index in [0.29, 0.717) is 5.65 Å². The fourth-order valence-corrected chi connectivity index (χ4v) is 1.32. The van der Waals surface area contributed by atoms with Crippen LogP contribution in [0.4, 0.5) is 13.2 Å². The van der Waals surface area contributed by atoms with Crippen molar-refractivity contribution in [2.45, 2.75) is 12.3 Å². The number of aliphatic hydroxyl groups is 1. The SMILES string of the molecule is O[C@@H](c1cnc2ccccn12)C(F)(F)F. The molecule has 0 radical (unpaired) electrons. The summed E-state index contributed by atoms with van der Waals surface area (Å²) in [7, 11) is 0. The number of halogens is 3. The molecule has 0 unspecified atom stereocenters. The second-order valence-corrected chi connectivity index (χ2v) is 3.06. The standard InChI is InChI=1S/C9H7F3N2O/c10-9(11,12)8(15)6-5-13-7-3-1-2-4-14(6)7/h1-5,8,15H/t8-/m0/s1. The summed E-state index contributed by atoms with van der Waals surface area (Å²) in [5.74, 6) is 0. The van der Waals surface area contributed by atoms with E-state index in [0.717, 1.165) is 6.20 Å². The first kappa shape index (κ1) is 9.97. The van der Waals surface area contributed by atoms with Gasteiger partial charge in [0.15, 0.2) is 6.10 Å². The van der Waals surface area contributed by atoms with Gasteiger partial charge in [0.25, 0.3) is 0 Å². The van der Waals surface area contributed by atoms with Gasteiger partial charge >= 0.3 is 6.18 Å². The number of alkyl halides is 3. The minimum absolute atomic E-state index is 0.280. The van der Waals surface area contributed by atoms with Crippen molar-refractivity contribution in [3.63, 3.8) is 0 Å². The average Bonchev–Trinajstić information content (AvgIpc) is 2.58. The van der Waals surface area contributed by atoms with E-state index in [2.05, 4.69) is 4.98 Å². The number of pyridine rings is 1. The molecule has 3 nitrogen and oxygen atoms in total. The van der Waals surface area contributed by atoms with Gasteiger partial charge in [-0.15, -0.1) is 0 Å². The summed E-state index contributed by atoms with van der Waals surface area (Å²) in [6.07, 6.45) is -4.73. The van der Waals surface area contributed by atoms with Crippen molar-refractivity contribution < 1.29 is 18.3 Å². The number of fused-ring (bicyclic) bond motifs is 1. The topological polar surface area (TPSA) is 37.5 Å². The van der Waals surface area contributed by atoms with Gasteiger partial charge in [-0.25, -0.2) is 4.98 Å². The van der Waals surface area contributed by atoms with E-state index >= 15 is 0 Å². The van der Waals surface area contributed by atoms with Crippen LogP contribution < -0.4 is 0 Å². The lowest BCUT2D eigenvalue weighted by molar-refractivity contribution is -0.208. The summed E-state index contributed by atoms with van der Waals surface area (Å²) < 4.78 is 38.0. The normalized spacial score (nSPS) is 14.4. The zero-order chi connectivity index (χ0) is 11.1. The van der Waals surface area contributed by atoms with E-state index in [4.69, 9.17) is 5.11 Å². The number of nitrogens with zero attached hydrogens (tertiary/aromatic N) is 2. The van der Waals surface area contributed by atoms with Crippen LogP contribution in [0.1, 0.15) is 11.8 Å². The summed E-state index contributed by atoms with van der Waals surface area (Å²) in [6, 6.07) is 4.79. The van der Waals surface area contributed by atoms with Crippen LogP contribution in [0.15, 0.2) is 30.6 Å². The molecule has 1 atom stereocenters. The Morgan fingerprint density at radius 2 is 2.07 bits per heavy atom. The average molecular weight is 216 g/mol. The molecule has 0 spiro atoms. The van der Waals surface area contributed by atoms with Gasteiger partial charge in [0.2, 0.25) is 0 Å². The van der Waals surface area contributed by atoms with Gasteiger partial charge in [0, 0.05) is 6.20 Å². The molecule has 1 N–H and O–H groups in total. The first-order valence-corrected chi connectivity index (χ1v) is 4.17. The molecule has 0 saturated heterocycles. The number of aliphatic hydroxyl groups excluding tert-OH is 1. The predicted octanol–water partition coefficient (Wildman–Crippen LogP) is 1.93. The molecular weight excluding hydrogens is 209 g/mol. The van der Waals surface area contributed by atoms with Gasteiger partial charge in [-0.1, -0.05) is 6.07 Å². The molecule has 2 rings (SSSR count). The monoisotopic (exact) mass is 216 g/mol. The highest BCUT2D eigenvalue weighted by atomic mass is 19.4. The molecule has 80 valence electrons. The Kier molecular flexibility index (Phi) is 2.15. The molecule has 2 heterocycles. The van der Waals surface area contributed by atoms with Crippen molar-refractivity contribution in [1.29, 1.82) is 0 Å². The van der Waals surface area contributed by atoms with Crippen molar-refractivity contribution in [1.82, 2.24) is 9.38 Å². The molecule has 0 saturated carbocycles. The van der Waals surface area contributed by atoms with E-state index in [1.807, 2.05) is 0 Å². The van der Waals surface area contributed by atoms with Crippen molar-refractivity contribution >= 4 is 5.65 Å². The van der Waals surface area contributed by atoms with Crippen LogP contribution in [0, 0.1) is 0 Å². The quantitative estimate of drug-likeness (QED) is 0.790. The van der Waals surface area contributed by atoms with Crippen molar-refractivity contribution in [2.24, 2.45) is 0 Å². The third kappa shape index (κ3) is 1.68. The minimum atomic E-state index is -4.67. The maximum Gasteiger partial charge on any atom is 0.420 e. The van der Waals surface area contributed by atoms with E-state index in [1.54, 1.807) is 18.2 Å². The molecule has 2 aromatic heterocycles. The molecule has 0 bridgehead atoms. The van der Waals surface area contributed by atoms with Crippen molar-refractivity contribution in [3.05, 3.63) is 36.3 Å². The lowest BCUT2D eigenvalue weighted by Crippen LogP contribution is -2.21. The molecule has 15 heavy (non-hydrogen) atoms. The van der Waals surface area contributed by atoms with Gasteiger partial charge < -0.3 is 9.51 Å². The van der Waals surface area contributed by atoms with E-state index < -0.39 is 12.3 Å². The Morgan fingerprint density at radius 1 is 1.33 bits per heavy atom. The molecule has 0 amide bonds. The van der Waals surface area contributed by atoms with E-state index in [-0.39, 0.29) is 5.69 Å². The molecular formula is C9H7F3N2O. The summed E-state index contributed by atoms with van der Waals surface area (Å²) in [5.41, 5.74) is 0.0916. The summed E-state index contributed by atoms with van der Waals surface area (Å²) in [4.78, 5) is 3.76. The van der Waals surface area contributed by atoms with E-state index in [1.165, 1.54) is 10.6 Å². The lowest BCUT2D eigenvalue weighted by Gasteiger charge is -2.13. The Bertz CT molecular complexity index is 477. The van der Waals surface area contributed by atoms with Crippen LogP contribution in [0.25, 0.3) is 5.65 Å². The number of imidazole rings is 1. The zero-order valence-corrected chi connectivity index (χ0v) is 7.44. The maximum atomic E-state index is 12.2. The Balaban J connectivity index is 2.53. The second-order valence-electron chi connectivity index (χ2n) is 3.06. The first-order chi connectivity index (χ1) is 7.00. The molecule has 2 aromatic rings. The van der Waals surface area contributed by atoms with Crippen molar-refractivity contribution in [3.8, 4) is 0 Å². The molecule has 6 heteroatoms. The van der Waals surface area contributed by atoms with Gasteiger partial charge in [0.1, 0.15) is 5.65 Å².